The van der Waals surface area contributed by atoms with E-state index in [-0.39, 0.29) is 30.0 Å². The zero-order chi connectivity index (χ0) is 30.3. The van der Waals surface area contributed by atoms with Crippen LogP contribution in [-0.4, -0.2) is 48.0 Å². The lowest BCUT2D eigenvalue weighted by Crippen LogP contribution is -2.31. The number of anilines is 1. The molecule has 1 aliphatic carbocycles. The van der Waals surface area contributed by atoms with Crippen LogP contribution in [0, 0.1) is 18.7 Å². The van der Waals surface area contributed by atoms with Gasteiger partial charge in [0.2, 0.25) is 5.82 Å². The molecule has 9 nitrogen and oxygen atoms in total. The molecule has 1 aliphatic rings. The Morgan fingerprint density at radius 2 is 1.90 bits per heavy atom. The van der Waals surface area contributed by atoms with Gasteiger partial charge in [-0.25, -0.2) is 24.1 Å². The van der Waals surface area contributed by atoms with E-state index < -0.39 is 29.7 Å². The molecule has 0 bridgehead atoms. The average Bonchev–Trinajstić information content (AvgIpc) is 3.22. The minimum Gasteiger partial charge on any atom is -0.475 e. The van der Waals surface area contributed by atoms with Gasteiger partial charge in [0.15, 0.2) is 28.9 Å². The molecule has 0 spiro atoms. The van der Waals surface area contributed by atoms with E-state index in [0.717, 1.165) is 42.5 Å². The van der Waals surface area contributed by atoms with Crippen LogP contribution in [0.4, 0.5) is 23.4 Å². The van der Waals surface area contributed by atoms with E-state index in [1.807, 2.05) is 33.8 Å². The fourth-order valence-electron chi connectivity index (χ4n) is 5.27. The molecule has 1 saturated carbocycles. The number of aromatic nitrogens is 5. The van der Waals surface area contributed by atoms with E-state index in [4.69, 9.17) is 4.98 Å². The fourth-order valence-corrected chi connectivity index (χ4v) is 5.27. The predicted molar refractivity (Wildman–Crippen MR) is 147 cm³/mol. The maximum atomic E-state index is 14.7. The van der Waals surface area contributed by atoms with Crippen molar-refractivity contribution in [3.8, 4) is 17.3 Å². The third-order valence-corrected chi connectivity index (χ3v) is 7.66. The van der Waals surface area contributed by atoms with Crippen molar-refractivity contribution in [1.29, 1.82) is 0 Å². The van der Waals surface area contributed by atoms with Crippen molar-refractivity contribution in [3.05, 3.63) is 58.8 Å². The zero-order valence-electron chi connectivity index (χ0n) is 23.5. The molecule has 0 amide bonds. The number of imidazole rings is 1. The van der Waals surface area contributed by atoms with E-state index in [1.165, 1.54) is 6.07 Å². The van der Waals surface area contributed by atoms with Crippen LogP contribution < -0.4 is 10.1 Å². The Morgan fingerprint density at radius 1 is 1.17 bits per heavy atom. The maximum absolute atomic E-state index is 14.7. The third-order valence-electron chi connectivity index (χ3n) is 7.66. The lowest BCUT2D eigenvalue weighted by molar-refractivity contribution is -0.275. The van der Waals surface area contributed by atoms with E-state index >= 15 is 0 Å². The number of nitrogens with zero attached hydrogens (tertiary/aromatic N) is 5. The second kappa shape index (κ2) is 11.2. The molecule has 5 rings (SSSR count). The number of alkyl halides is 3. The van der Waals surface area contributed by atoms with E-state index in [2.05, 4.69) is 25.0 Å². The highest BCUT2D eigenvalue weighted by atomic mass is 19.4. The predicted octanol–water partition coefficient (Wildman–Crippen LogP) is 6.70. The molecule has 0 radical (unpaired) electrons. The summed E-state index contributed by atoms with van der Waals surface area (Å²) in [6, 6.07) is 5.06. The molecule has 2 N–H and O–H groups in total. The van der Waals surface area contributed by atoms with E-state index in [1.54, 1.807) is 10.8 Å². The van der Waals surface area contributed by atoms with Crippen LogP contribution in [0.2, 0.25) is 0 Å². The van der Waals surface area contributed by atoms with Gasteiger partial charge in [0.05, 0.1) is 6.54 Å². The van der Waals surface area contributed by atoms with Crippen molar-refractivity contribution in [2.24, 2.45) is 5.92 Å². The van der Waals surface area contributed by atoms with Crippen molar-refractivity contribution in [2.45, 2.75) is 71.8 Å². The van der Waals surface area contributed by atoms with Crippen molar-refractivity contribution >= 4 is 23.0 Å². The maximum Gasteiger partial charge on any atom is 0.573 e. The van der Waals surface area contributed by atoms with Gasteiger partial charge < -0.3 is 19.7 Å². The Morgan fingerprint density at radius 3 is 2.50 bits per heavy atom. The number of carboxylic acid groups (broad SMARTS) is 1. The number of halogens is 4. The van der Waals surface area contributed by atoms with Gasteiger partial charge in [-0.3, -0.25) is 4.98 Å². The number of fused-ring (bicyclic) bond motifs is 1. The van der Waals surface area contributed by atoms with Crippen LogP contribution in [0.5, 0.6) is 5.75 Å². The summed E-state index contributed by atoms with van der Waals surface area (Å²) in [6.45, 7) is 7.92. The molecule has 1 fully saturated rings. The topological polar surface area (TPSA) is 115 Å². The quantitative estimate of drug-likeness (QED) is 0.208. The number of hydrogen-bond donors (Lipinski definition) is 2. The second-order valence-electron chi connectivity index (χ2n) is 10.9. The Bertz CT molecular complexity index is 1650. The molecule has 0 aliphatic heterocycles. The van der Waals surface area contributed by atoms with Gasteiger partial charge in [-0.2, -0.15) is 0 Å². The van der Waals surface area contributed by atoms with Crippen LogP contribution in [0.3, 0.4) is 0 Å². The van der Waals surface area contributed by atoms with Crippen LogP contribution >= 0.6 is 0 Å². The van der Waals surface area contributed by atoms with Crippen LogP contribution in [-0.2, 0) is 6.54 Å². The highest BCUT2D eigenvalue weighted by molar-refractivity contribution is 5.92. The number of nitrogens with one attached hydrogen (secondary N) is 1. The number of carboxylic acids is 1. The summed E-state index contributed by atoms with van der Waals surface area (Å²) in [5.41, 5.74) is 3.13. The number of benzene rings is 1. The first-order chi connectivity index (χ1) is 19.8. The second-order valence-corrected chi connectivity index (χ2v) is 10.9. The number of pyridine rings is 1. The summed E-state index contributed by atoms with van der Waals surface area (Å²) in [5, 5.41) is 13.1. The minimum absolute atomic E-state index is 0.0364. The molecule has 3 heterocycles. The average molecular weight is 587 g/mol. The fraction of sp³-hybridized carbons (Fsp3) is 0.414. The summed E-state index contributed by atoms with van der Waals surface area (Å²) < 4.78 is 58.4. The monoisotopic (exact) mass is 586 g/mol. The van der Waals surface area contributed by atoms with Crippen LogP contribution in [0.1, 0.15) is 73.3 Å². The third kappa shape index (κ3) is 5.86. The lowest BCUT2D eigenvalue weighted by Gasteiger charge is -2.32. The van der Waals surface area contributed by atoms with Gasteiger partial charge in [-0.1, -0.05) is 26.3 Å². The molecule has 1 atom stereocenters. The molecule has 4 aromatic rings. The summed E-state index contributed by atoms with van der Waals surface area (Å²) in [5.74, 6) is -2.79. The number of rotatable bonds is 9. The summed E-state index contributed by atoms with van der Waals surface area (Å²) in [4.78, 5) is 29.7. The zero-order valence-corrected chi connectivity index (χ0v) is 23.5. The minimum atomic E-state index is -5.04. The molecule has 0 saturated heterocycles. The number of hydrogen-bond acceptors (Lipinski definition) is 7. The van der Waals surface area contributed by atoms with Gasteiger partial charge >= 0.3 is 12.3 Å². The van der Waals surface area contributed by atoms with Crippen molar-refractivity contribution < 1.29 is 32.2 Å². The van der Waals surface area contributed by atoms with Crippen molar-refractivity contribution in [3.63, 3.8) is 0 Å². The van der Waals surface area contributed by atoms with Gasteiger partial charge in [0.1, 0.15) is 11.2 Å². The van der Waals surface area contributed by atoms with Crippen LogP contribution in [0.25, 0.3) is 22.7 Å². The van der Waals surface area contributed by atoms with E-state index in [9.17, 15) is 27.5 Å². The van der Waals surface area contributed by atoms with Gasteiger partial charge in [0, 0.05) is 12.2 Å². The SMILES string of the molecule is Cc1c(C(C)C)ccnc1-c1nc2nc(C(=O)O)nc(NC(C)C3CCC3)c2n1Cc1ccc(OC(F)(F)F)c(F)c1. The summed E-state index contributed by atoms with van der Waals surface area (Å²) in [7, 11) is 0. The van der Waals surface area contributed by atoms with Gasteiger partial charge in [-0.15, -0.1) is 13.2 Å². The molecule has 1 unspecified atom stereocenters. The molecular weight excluding hydrogens is 556 g/mol. The smallest absolute Gasteiger partial charge is 0.475 e. The highest BCUT2D eigenvalue weighted by Crippen LogP contribution is 2.35. The summed E-state index contributed by atoms with van der Waals surface area (Å²) >= 11 is 0. The number of ether oxygens (including phenoxy) is 1. The highest BCUT2D eigenvalue weighted by Gasteiger charge is 2.33. The number of carbonyl (C=O) groups is 1. The molecule has 1 aromatic carbocycles. The van der Waals surface area contributed by atoms with Crippen molar-refractivity contribution in [2.75, 3.05) is 5.32 Å². The van der Waals surface area contributed by atoms with E-state index in [0.29, 0.717) is 28.5 Å². The standard InChI is InChI=1S/C29H30F4N6O3/c1-14(2)19-10-11-34-22(15(19)3)27-38-25-23(24(36-26(37-25)28(40)41)35-16(4)18-6-5-7-18)39(27)13-17-8-9-21(20(30)12-17)42-29(31,32)33/h8-12,14,16,18H,5-7,13H2,1-4H3,(H,40,41)(H,35,36,37). The largest absolute Gasteiger partial charge is 0.573 e. The molecule has 222 valence electrons. The Hall–Kier alpha value is -4.29. The first kappa shape index (κ1) is 29.2. The van der Waals surface area contributed by atoms with Gasteiger partial charge in [-0.05, 0) is 73.4 Å². The Kier molecular flexibility index (Phi) is 7.78. The first-order valence-electron chi connectivity index (χ1n) is 13.6. The molecular formula is C29H30F4N6O3. The van der Waals surface area contributed by atoms with Gasteiger partial charge in [0.25, 0.3) is 0 Å². The van der Waals surface area contributed by atoms with Crippen LogP contribution in [0.15, 0.2) is 30.5 Å². The normalized spacial score (nSPS) is 14.7. The molecule has 13 heteroatoms. The Labute approximate surface area is 239 Å². The number of aromatic carboxylic acids is 1. The summed E-state index contributed by atoms with van der Waals surface area (Å²) in [6.07, 6.45) is -0.242. The van der Waals surface area contributed by atoms with Crippen molar-refractivity contribution in [1.82, 2.24) is 24.5 Å². The Balaban J connectivity index is 1.71. The molecule has 42 heavy (non-hydrogen) atoms. The lowest BCUT2D eigenvalue weighted by atomic mass is 9.80. The molecule has 3 aromatic heterocycles. The first-order valence-corrected chi connectivity index (χ1v) is 13.6.